The van der Waals surface area contributed by atoms with Crippen LogP contribution in [0.2, 0.25) is 0 Å². The SMILES string of the molecule is NNc1ncccc1C(=O)NC1CCOc2ccccc21. The smallest absolute Gasteiger partial charge is 0.255 e. The Morgan fingerprint density at radius 1 is 1.29 bits per heavy atom. The van der Waals surface area contributed by atoms with Gasteiger partial charge in [0, 0.05) is 18.2 Å². The normalized spacial score (nSPS) is 16.5. The Bertz CT molecular complexity index is 660. The third kappa shape index (κ3) is 2.66. The van der Waals surface area contributed by atoms with Gasteiger partial charge in [0.1, 0.15) is 5.75 Å². The van der Waals surface area contributed by atoms with Crippen molar-refractivity contribution in [2.45, 2.75) is 12.5 Å². The molecule has 1 aliphatic rings. The monoisotopic (exact) mass is 284 g/mol. The molecule has 0 saturated carbocycles. The predicted molar refractivity (Wildman–Crippen MR) is 78.8 cm³/mol. The second-order valence-electron chi connectivity index (χ2n) is 4.74. The molecular weight excluding hydrogens is 268 g/mol. The molecule has 0 fully saturated rings. The number of ether oxygens (including phenoxy) is 1. The van der Waals surface area contributed by atoms with E-state index in [4.69, 9.17) is 10.6 Å². The minimum atomic E-state index is -0.210. The Morgan fingerprint density at radius 3 is 3.00 bits per heavy atom. The van der Waals surface area contributed by atoms with Gasteiger partial charge < -0.3 is 15.5 Å². The molecule has 1 aromatic heterocycles. The molecule has 0 saturated heterocycles. The molecule has 6 heteroatoms. The van der Waals surface area contributed by atoms with Crippen LogP contribution in [0.4, 0.5) is 5.82 Å². The van der Waals surface area contributed by atoms with E-state index < -0.39 is 0 Å². The summed E-state index contributed by atoms with van der Waals surface area (Å²) in [5.41, 5.74) is 3.85. The van der Waals surface area contributed by atoms with Crippen LogP contribution in [0.1, 0.15) is 28.4 Å². The lowest BCUT2D eigenvalue weighted by Gasteiger charge is -2.26. The molecule has 2 aromatic rings. The van der Waals surface area contributed by atoms with Crippen molar-refractivity contribution in [3.63, 3.8) is 0 Å². The number of carbonyl (C=O) groups excluding carboxylic acids is 1. The number of anilines is 1. The van der Waals surface area contributed by atoms with E-state index in [1.54, 1.807) is 18.3 Å². The zero-order chi connectivity index (χ0) is 14.7. The minimum absolute atomic E-state index is 0.0757. The number of amides is 1. The fourth-order valence-electron chi connectivity index (χ4n) is 2.43. The van der Waals surface area contributed by atoms with Gasteiger partial charge in [-0.3, -0.25) is 4.79 Å². The number of hydrogen-bond donors (Lipinski definition) is 3. The van der Waals surface area contributed by atoms with Crippen LogP contribution in [-0.2, 0) is 0 Å². The summed E-state index contributed by atoms with van der Waals surface area (Å²) in [5.74, 6) is 6.35. The molecule has 0 spiro atoms. The largest absolute Gasteiger partial charge is 0.493 e. The summed E-state index contributed by atoms with van der Waals surface area (Å²) in [6, 6.07) is 11.0. The topological polar surface area (TPSA) is 89.3 Å². The number of carbonyl (C=O) groups is 1. The Kier molecular flexibility index (Phi) is 3.70. The van der Waals surface area contributed by atoms with Gasteiger partial charge in [-0.2, -0.15) is 0 Å². The summed E-state index contributed by atoms with van der Waals surface area (Å²) in [6.45, 7) is 0.580. The van der Waals surface area contributed by atoms with Crippen molar-refractivity contribution in [2.24, 2.45) is 5.84 Å². The molecule has 2 heterocycles. The lowest BCUT2D eigenvalue weighted by Crippen LogP contribution is -2.33. The van der Waals surface area contributed by atoms with Crippen molar-refractivity contribution in [1.29, 1.82) is 0 Å². The van der Waals surface area contributed by atoms with E-state index in [1.807, 2.05) is 24.3 Å². The Hall–Kier alpha value is -2.60. The zero-order valence-corrected chi connectivity index (χ0v) is 11.4. The highest BCUT2D eigenvalue weighted by Crippen LogP contribution is 2.31. The number of nitrogens with zero attached hydrogens (tertiary/aromatic N) is 1. The predicted octanol–water partition coefficient (Wildman–Crippen LogP) is 1.62. The van der Waals surface area contributed by atoms with Crippen LogP contribution in [0.5, 0.6) is 5.75 Å². The maximum Gasteiger partial charge on any atom is 0.255 e. The average Bonchev–Trinajstić information content (AvgIpc) is 2.55. The van der Waals surface area contributed by atoms with Crippen LogP contribution < -0.4 is 21.3 Å². The van der Waals surface area contributed by atoms with Gasteiger partial charge in [0.2, 0.25) is 0 Å². The van der Waals surface area contributed by atoms with E-state index in [0.717, 1.165) is 17.7 Å². The van der Waals surface area contributed by atoms with Gasteiger partial charge in [-0.05, 0) is 18.2 Å². The molecule has 21 heavy (non-hydrogen) atoms. The quantitative estimate of drug-likeness (QED) is 0.588. The summed E-state index contributed by atoms with van der Waals surface area (Å²) in [4.78, 5) is 16.4. The maximum atomic E-state index is 12.4. The van der Waals surface area contributed by atoms with E-state index >= 15 is 0 Å². The summed E-state index contributed by atoms with van der Waals surface area (Å²) in [6.07, 6.45) is 2.31. The fourth-order valence-corrected chi connectivity index (χ4v) is 2.43. The molecule has 1 aromatic carbocycles. The van der Waals surface area contributed by atoms with Crippen LogP contribution in [0.15, 0.2) is 42.6 Å². The number of nitrogens with one attached hydrogen (secondary N) is 2. The van der Waals surface area contributed by atoms with Crippen molar-refractivity contribution in [1.82, 2.24) is 10.3 Å². The lowest BCUT2D eigenvalue weighted by molar-refractivity contribution is 0.0925. The molecule has 4 N–H and O–H groups in total. The minimum Gasteiger partial charge on any atom is -0.493 e. The number of hydrogen-bond acceptors (Lipinski definition) is 5. The van der Waals surface area contributed by atoms with Crippen LogP contribution in [0.25, 0.3) is 0 Å². The lowest BCUT2D eigenvalue weighted by atomic mass is 10.0. The van der Waals surface area contributed by atoms with E-state index in [1.165, 1.54) is 0 Å². The van der Waals surface area contributed by atoms with E-state index in [0.29, 0.717) is 18.0 Å². The Morgan fingerprint density at radius 2 is 2.14 bits per heavy atom. The number of hydrazine groups is 1. The summed E-state index contributed by atoms with van der Waals surface area (Å²) < 4.78 is 5.59. The van der Waals surface area contributed by atoms with Crippen LogP contribution in [0.3, 0.4) is 0 Å². The Labute approximate surface area is 122 Å². The second-order valence-corrected chi connectivity index (χ2v) is 4.74. The molecule has 0 bridgehead atoms. The number of nitrogen functional groups attached to an aromatic ring is 1. The highest BCUT2D eigenvalue weighted by molar-refractivity contribution is 5.98. The van der Waals surface area contributed by atoms with E-state index in [2.05, 4.69) is 15.7 Å². The van der Waals surface area contributed by atoms with Gasteiger partial charge in [0.15, 0.2) is 5.82 Å². The van der Waals surface area contributed by atoms with Crippen molar-refractivity contribution in [3.8, 4) is 5.75 Å². The number of nitrogens with two attached hydrogens (primary N) is 1. The number of aromatic nitrogens is 1. The molecule has 108 valence electrons. The first-order valence-electron chi connectivity index (χ1n) is 6.74. The average molecular weight is 284 g/mol. The van der Waals surface area contributed by atoms with Gasteiger partial charge in [-0.1, -0.05) is 18.2 Å². The first-order valence-corrected chi connectivity index (χ1v) is 6.74. The molecule has 3 rings (SSSR count). The molecule has 0 radical (unpaired) electrons. The standard InChI is InChI=1S/C15H16N4O2/c16-19-14-11(5-3-8-17-14)15(20)18-12-7-9-21-13-6-2-1-4-10(12)13/h1-6,8,12H,7,9,16H2,(H,17,19)(H,18,20). The van der Waals surface area contributed by atoms with E-state index in [-0.39, 0.29) is 11.9 Å². The summed E-state index contributed by atoms with van der Waals surface area (Å²) >= 11 is 0. The molecule has 6 nitrogen and oxygen atoms in total. The number of rotatable bonds is 3. The third-order valence-corrected chi connectivity index (χ3v) is 3.45. The number of para-hydroxylation sites is 1. The third-order valence-electron chi connectivity index (χ3n) is 3.45. The second kappa shape index (κ2) is 5.80. The van der Waals surface area contributed by atoms with Crippen LogP contribution in [-0.4, -0.2) is 17.5 Å². The molecule has 1 amide bonds. The van der Waals surface area contributed by atoms with Gasteiger partial charge >= 0.3 is 0 Å². The zero-order valence-electron chi connectivity index (χ0n) is 11.4. The number of benzene rings is 1. The highest BCUT2D eigenvalue weighted by Gasteiger charge is 2.24. The van der Waals surface area contributed by atoms with Crippen LogP contribution in [0, 0.1) is 0 Å². The van der Waals surface area contributed by atoms with Gasteiger partial charge in [0.25, 0.3) is 5.91 Å². The van der Waals surface area contributed by atoms with Crippen molar-refractivity contribution >= 4 is 11.7 Å². The first kappa shape index (κ1) is 13.4. The van der Waals surface area contributed by atoms with Gasteiger partial charge in [0.05, 0.1) is 18.2 Å². The highest BCUT2D eigenvalue weighted by atomic mass is 16.5. The fraction of sp³-hybridized carbons (Fsp3) is 0.200. The number of fused-ring (bicyclic) bond motifs is 1. The first-order chi connectivity index (χ1) is 10.3. The van der Waals surface area contributed by atoms with Gasteiger partial charge in [-0.15, -0.1) is 0 Å². The Balaban J connectivity index is 1.83. The molecule has 0 aliphatic carbocycles. The van der Waals surface area contributed by atoms with Crippen molar-refractivity contribution in [2.75, 3.05) is 12.0 Å². The van der Waals surface area contributed by atoms with Crippen molar-refractivity contribution < 1.29 is 9.53 Å². The maximum absolute atomic E-state index is 12.4. The van der Waals surface area contributed by atoms with Gasteiger partial charge in [-0.25, -0.2) is 10.8 Å². The summed E-state index contributed by atoms with van der Waals surface area (Å²) in [7, 11) is 0. The van der Waals surface area contributed by atoms with E-state index in [9.17, 15) is 4.79 Å². The number of pyridine rings is 1. The molecule has 1 aliphatic heterocycles. The molecule has 1 atom stereocenters. The molecular formula is C15H16N4O2. The van der Waals surface area contributed by atoms with Crippen molar-refractivity contribution in [3.05, 3.63) is 53.7 Å². The van der Waals surface area contributed by atoms with Crippen LogP contribution >= 0.6 is 0 Å². The molecule has 1 unspecified atom stereocenters. The summed E-state index contributed by atoms with van der Waals surface area (Å²) in [5, 5.41) is 3.01.